The van der Waals surface area contributed by atoms with E-state index in [0.29, 0.717) is 12.8 Å². The van der Waals surface area contributed by atoms with Gasteiger partial charge in [-0.25, -0.2) is 0 Å². The molecule has 1 rings (SSSR count). The zero-order chi connectivity index (χ0) is 11.3. The number of amides is 1. The molecule has 0 radical (unpaired) electrons. The Labute approximate surface area is 91.1 Å². The van der Waals surface area contributed by atoms with Crippen molar-refractivity contribution in [3.05, 3.63) is 23.7 Å². The first kappa shape index (κ1) is 11.8. The Morgan fingerprint density at radius 2 is 1.87 bits per heavy atom. The summed E-state index contributed by atoms with van der Waals surface area (Å²) in [6.07, 6.45) is 3.28. The van der Waals surface area contributed by atoms with Crippen LogP contribution in [0.5, 0.6) is 0 Å². The lowest BCUT2D eigenvalue weighted by Gasteiger charge is -2.08. The van der Waals surface area contributed by atoms with Crippen molar-refractivity contribution in [3.63, 3.8) is 0 Å². The van der Waals surface area contributed by atoms with Crippen molar-refractivity contribution in [2.45, 2.75) is 32.6 Å². The minimum Gasteiger partial charge on any atom is -0.466 e. The first-order valence-electron chi connectivity index (χ1n) is 5.41. The van der Waals surface area contributed by atoms with E-state index in [-0.39, 0.29) is 5.91 Å². The summed E-state index contributed by atoms with van der Waals surface area (Å²) in [4.78, 5) is 12.9. The Morgan fingerprint density at radius 3 is 2.40 bits per heavy atom. The van der Waals surface area contributed by atoms with E-state index >= 15 is 0 Å². The Morgan fingerprint density at radius 1 is 1.27 bits per heavy atom. The van der Waals surface area contributed by atoms with Gasteiger partial charge in [0, 0.05) is 33.4 Å². The molecule has 0 unspecified atom stereocenters. The summed E-state index contributed by atoms with van der Waals surface area (Å²) in [7, 11) is 3.54. The molecule has 1 aromatic heterocycles. The van der Waals surface area contributed by atoms with Gasteiger partial charge in [-0.1, -0.05) is 6.92 Å². The van der Waals surface area contributed by atoms with Gasteiger partial charge >= 0.3 is 0 Å². The molecule has 15 heavy (non-hydrogen) atoms. The second-order valence-electron chi connectivity index (χ2n) is 3.91. The van der Waals surface area contributed by atoms with Gasteiger partial charge in [-0.05, 0) is 18.6 Å². The Kier molecular flexibility index (Phi) is 4.40. The van der Waals surface area contributed by atoms with Crippen LogP contribution in [0.4, 0.5) is 0 Å². The van der Waals surface area contributed by atoms with Gasteiger partial charge in [-0.15, -0.1) is 0 Å². The van der Waals surface area contributed by atoms with Gasteiger partial charge in [-0.2, -0.15) is 0 Å². The van der Waals surface area contributed by atoms with Crippen LogP contribution in [0.25, 0.3) is 0 Å². The van der Waals surface area contributed by atoms with Crippen molar-refractivity contribution in [1.82, 2.24) is 4.90 Å². The minimum atomic E-state index is 0.142. The number of aryl methyl sites for hydroxylation is 2. The molecule has 0 saturated carbocycles. The third kappa shape index (κ3) is 3.78. The summed E-state index contributed by atoms with van der Waals surface area (Å²) in [5, 5.41) is 0. The van der Waals surface area contributed by atoms with Crippen LogP contribution < -0.4 is 0 Å². The van der Waals surface area contributed by atoms with E-state index in [1.165, 1.54) is 0 Å². The molecule has 0 N–H and O–H groups in total. The minimum absolute atomic E-state index is 0.142. The summed E-state index contributed by atoms with van der Waals surface area (Å²) >= 11 is 0. The molecule has 0 bridgehead atoms. The summed E-state index contributed by atoms with van der Waals surface area (Å²) in [5.41, 5.74) is 0. The maximum Gasteiger partial charge on any atom is 0.222 e. The molecule has 1 aromatic rings. The molecule has 1 amide bonds. The average molecular weight is 209 g/mol. The van der Waals surface area contributed by atoms with E-state index in [1.54, 1.807) is 19.0 Å². The molecule has 3 heteroatoms. The van der Waals surface area contributed by atoms with Crippen molar-refractivity contribution in [2.75, 3.05) is 14.1 Å². The number of rotatable bonds is 5. The fraction of sp³-hybridized carbons (Fsp3) is 0.583. The molecule has 0 aliphatic rings. The molecule has 0 aromatic carbocycles. The zero-order valence-corrected chi connectivity index (χ0v) is 9.75. The van der Waals surface area contributed by atoms with E-state index in [9.17, 15) is 4.79 Å². The lowest BCUT2D eigenvalue weighted by Crippen LogP contribution is -2.21. The van der Waals surface area contributed by atoms with Crippen LogP contribution in [0, 0.1) is 0 Å². The highest BCUT2D eigenvalue weighted by molar-refractivity contribution is 5.75. The van der Waals surface area contributed by atoms with Gasteiger partial charge in [0.25, 0.3) is 0 Å². The molecule has 0 fully saturated rings. The maximum atomic E-state index is 11.3. The van der Waals surface area contributed by atoms with Crippen LogP contribution in [-0.4, -0.2) is 24.9 Å². The van der Waals surface area contributed by atoms with E-state index in [2.05, 4.69) is 6.92 Å². The maximum absolute atomic E-state index is 11.3. The molecule has 3 nitrogen and oxygen atoms in total. The monoisotopic (exact) mass is 209 g/mol. The molecular formula is C12H19NO2. The van der Waals surface area contributed by atoms with Crippen LogP contribution in [0.2, 0.25) is 0 Å². The number of carbonyl (C=O) groups is 1. The first-order chi connectivity index (χ1) is 7.13. The van der Waals surface area contributed by atoms with Crippen molar-refractivity contribution in [3.8, 4) is 0 Å². The second kappa shape index (κ2) is 5.59. The van der Waals surface area contributed by atoms with Crippen molar-refractivity contribution < 1.29 is 9.21 Å². The highest BCUT2D eigenvalue weighted by Gasteiger charge is 2.07. The summed E-state index contributed by atoms with van der Waals surface area (Å²) in [5.74, 6) is 2.07. The number of hydrogen-bond donors (Lipinski definition) is 0. The number of nitrogens with zero attached hydrogens (tertiary/aromatic N) is 1. The highest BCUT2D eigenvalue weighted by Crippen LogP contribution is 2.12. The second-order valence-corrected chi connectivity index (χ2v) is 3.91. The van der Waals surface area contributed by atoms with Gasteiger partial charge in [0.05, 0.1) is 0 Å². The lowest BCUT2D eigenvalue weighted by atomic mass is 10.2. The SMILES string of the molecule is CCCc1ccc(CCC(=O)N(C)C)o1. The van der Waals surface area contributed by atoms with Crippen LogP contribution >= 0.6 is 0 Å². The quantitative estimate of drug-likeness (QED) is 0.745. The van der Waals surface area contributed by atoms with E-state index in [4.69, 9.17) is 4.42 Å². The predicted octanol–water partition coefficient (Wildman–Crippen LogP) is 2.25. The Hall–Kier alpha value is -1.25. The summed E-state index contributed by atoms with van der Waals surface area (Å²) in [6, 6.07) is 3.97. The number of furan rings is 1. The molecule has 0 saturated heterocycles. The van der Waals surface area contributed by atoms with Gasteiger partial charge in [0.15, 0.2) is 0 Å². The van der Waals surface area contributed by atoms with Crippen molar-refractivity contribution >= 4 is 5.91 Å². The molecule has 0 aliphatic carbocycles. The molecular weight excluding hydrogens is 190 g/mol. The first-order valence-corrected chi connectivity index (χ1v) is 5.41. The third-order valence-electron chi connectivity index (χ3n) is 2.30. The van der Waals surface area contributed by atoms with Gasteiger partial charge in [-0.3, -0.25) is 4.79 Å². The van der Waals surface area contributed by atoms with Crippen LogP contribution in [0.1, 0.15) is 31.3 Å². The Balaban J connectivity index is 2.40. The van der Waals surface area contributed by atoms with E-state index in [0.717, 1.165) is 24.4 Å². The van der Waals surface area contributed by atoms with E-state index < -0.39 is 0 Å². The largest absolute Gasteiger partial charge is 0.466 e. The van der Waals surface area contributed by atoms with Crippen molar-refractivity contribution in [1.29, 1.82) is 0 Å². The third-order valence-corrected chi connectivity index (χ3v) is 2.30. The van der Waals surface area contributed by atoms with Gasteiger partial charge in [0.1, 0.15) is 11.5 Å². The van der Waals surface area contributed by atoms with E-state index in [1.807, 2.05) is 12.1 Å². The summed E-state index contributed by atoms with van der Waals surface area (Å²) in [6.45, 7) is 2.12. The number of hydrogen-bond acceptors (Lipinski definition) is 2. The molecule has 0 spiro atoms. The normalized spacial score (nSPS) is 10.3. The number of carbonyl (C=O) groups excluding carboxylic acids is 1. The molecule has 0 atom stereocenters. The fourth-order valence-electron chi connectivity index (χ4n) is 1.39. The predicted molar refractivity (Wildman–Crippen MR) is 59.7 cm³/mol. The molecule has 1 heterocycles. The Bertz CT molecular complexity index is 315. The summed E-state index contributed by atoms with van der Waals surface area (Å²) < 4.78 is 5.58. The smallest absolute Gasteiger partial charge is 0.222 e. The lowest BCUT2D eigenvalue weighted by molar-refractivity contribution is -0.128. The highest BCUT2D eigenvalue weighted by atomic mass is 16.3. The van der Waals surface area contributed by atoms with Gasteiger partial charge < -0.3 is 9.32 Å². The van der Waals surface area contributed by atoms with Crippen LogP contribution in [0.15, 0.2) is 16.5 Å². The standard InChI is InChI=1S/C12H19NO2/c1-4-5-10-6-7-11(15-10)8-9-12(14)13(2)3/h6-7H,4-5,8-9H2,1-3H3. The zero-order valence-electron chi connectivity index (χ0n) is 9.75. The van der Waals surface area contributed by atoms with Gasteiger partial charge in [0.2, 0.25) is 5.91 Å². The average Bonchev–Trinajstić information content (AvgIpc) is 2.62. The van der Waals surface area contributed by atoms with Crippen LogP contribution in [0.3, 0.4) is 0 Å². The molecule has 84 valence electrons. The molecule has 0 aliphatic heterocycles. The van der Waals surface area contributed by atoms with Crippen molar-refractivity contribution in [2.24, 2.45) is 0 Å². The van der Waals surface area contributed by atoms with Crippen LogP contribution in [-0.2, 0) is 17.6 Å². The topological polar surface area (TPSA) is 33.5 Å². The fourth-order valence-corrected chi connectivity index (χ4v) is 1.39.